The van der Waals surface area contributed by atoms with Crippen molar-refractivity contribution < 1.29 is 4.79 Å². The second-order valence-corrected chi connectivity index (χ2v) is 6.81. The van der Waals surface area contributed by atoms with Crippen molar-refractivity contribution in [1.29, 1.82) is 0 Å². The second kappa shape index (κ2) is 9.21. The lowest BCUT2D eigenvalue weighted by atomic mass is 9.91. The number of rotatable bonds is 7. The monoisotopic (exact) mass is 368 g/mol. The van der Waals surface area contributed by atoms with Gasteiger partial charge in [-0.1, -0.05) is 18.2 Å². The fourth-order valence-corrected chi connectivity index (χ4v) is 3.32. The first-order valence-electron chi connectivity index (χ1n) is 9.57. The molecule has 1 aromatic heterocycles. The van der Waals surface area contributed by atoms with Gasteiger partial charge in [-0.2, -0.15) is 5.10 Å². The lowest BCUT2D eigenvalue weighted by Crippen LogP contribution is -2.38. The Labute approximate surface area is 160 Å². The molecule has 0 radical (unpaired) electrons. The van der Waals surface area contributed by atoms with Crippen molar-refractivity contribution in [3.05, 3.63) is 47.3 Å². The van der Waals surface area contributed by atoms with Gasteiger partial charge >= 0.3 is 0 Å². The van der Waals surface area contributed by atoms with E-state index >= 15 is 0 Å². The molecule has 144 valence electrons. The van der Waals surface area contributed by atoms with Crippen LogP contribution in [0.1, 0.15) is 42.5 Å². The summed E-state index contributed by atoms with van der Waals surface area (Å²) in [5, 5.41) is 16.6. The van der Waals surface area contributed by atoms with E-state index in [1.54, 1.807) is 0 Å². The normalized spacial score (nSPS) is 16.6. The predicted molar refractivity (Wildman–Crippen MR) is 108 cm³/mol. The lowest BCUT2D eigenvalue weighted by Gasteiger charge is -2.24. The summed E-state index contributed by atoms with van der Waals surface area (Å²) in [6.45, 7) is 6.31. The summed E-state index contributed by atoms with van der Waals surface area (Å²) in [4.78, 5) is 16.7. The van der Waals surface area contributed by atoms with Gasteiger partial charge in [0.15, 0.2) is 5.96 Å². The number of anilines is 1. The van der Waals surface area contributed by atoms with Gasteiger partial charge in [-0.05, 0) is 43.9 Å². The molecule has 0 aliphatic carbocycles. The molecule has 0 saturated carbocycles. The van der Waals surface area contributed by atoms with Crippen molar-refractivity contribution in [1.82, 2.24) is 20.8 Å². The van der Waals surface area contributed by atoms with Crippen LogP contribution in [-0.4, -0.2) is 41.7 Å². The Morgan fingerprint density at radius 1 is 1.33 bits per heavy atom. The van der Waals surface area contributed by atoms with Crippen LogP contribution < -0.4 is 16.0 Å². The maximum atomic E-state index is 12.0. The van der Waals surface area contributed by atoms with Crippen LogP contribution in [0.2, 0.25) is 0 Å². The molecule has 1 atom stereocenters. The van der Waals surface area contributed by atoms with Crippen LogP contribution in [0.5, 0.6) is 0 Å². The van der Waals surface area contributed by atoms with Crippen LogP contribution in [0.4, 0.5) is 5.69 Å². The van der Waals surface area contributed by atoms with Gasteiger partial charge in [-0.3, -0.25) is 14.9 Å². The first kappa shape index (κ1) is 18.9. The van der Waals surface area contributed by atoms with Gasteiger partial charge in [0.05, 0.1) is 12.7 Å². The van der Waals surface area contributed by atoms with Gasteiger partial charge < -0.3 is 16.0 Å². The molecule has 7 nitrogen and oxygen atoms in total. The average Bonchev–Trinajstić information content (AvgIpc) is 3.07. The maximum absolute atomic E-state index is 12.0. The standard InChI is InChI=1S/C20H28N6O/c1-3-21-20(22-10-6-7-15-13-24-26-14(15)2)23-12-16-11-19(27)25-18-9-5-4-8-17(16)18/h4-5,8-9,13,16H,3,6-7,10-12H2,1-2H3,(H,24,26)(H,25,27)(H2,21,22,23). The third-order valence-electron chi connectivity index (χ3n) is 4.77. The molecule has 1 aromatic carbocycles. The summed E-state index contributed by atoms with van der Waals surface area (Å²) in [6.07, 6.45) is 4.34. The van der Waals surface area contributed by atoms with Crippen molar-refractivity contribution in [3.8, 4) is 0 Å². The summed E-state index contributed by atoms with van der Waals surface area (Å²) in [7, 11) is 0. The largest absolute Gasteiger partial charge is 0.357 e. The number of guanidine groups is 1. The zero-order chi connectivity index (χ0) is 19.1. The number of carbonyl (C=O) groups excluding carboxylic acids is 1. The molecule has 1 aliphatic rings. The van der Waals surface area contributed by atoms with Crippen LogP contribution in [0.3, 0.4) is 0 Å². The highest BCUT2D eigenvalue weighted by atomic mass is 16.1. The number of para-hydroxylation sites is 1. The Morgan fingerprint density at radius 3 is 2.96 bits per heavy atom. The van der Waals surface area contributed by atoms with E-state index in [4.69, 9.17) is 4.99 Å². The summed E-state index contributed by atoms with van der Waals surface area (Å²) in [5.41, 5.74) is 4.45. The molecule has 7 heteroatoms. The number of nitrogens with zero attached hydrogens (tertiary/aromatic N) is 2. The molecule has 2 heterocycles. The number of benzene rings is 1. The van der Waals surface area contributed by atoms with Gasteiger partial charge in [-0.15, -0.1) is 0 Å². The molecule has 1 aliphatic heterocycles. The van der Waals surface area contributed by atoms with Gasteiger partial charge in [0.2, 0.25) is 5.91 Å². The molecule has 0 saturated heterocycles. The minimum absolute atomic E-state index is 0.0577. The Hall–Kier alpha value is -2.83. The van der Waals surface area contributed by atoms with E-state index in [9.17, 15) is 4.79 Å². The first-order chi connectivity index (χ1) is 13.2. The third kappa shape index (κ3) is 5.09. The number of nitrogens with one attached hydrogen (secondary N) is 4. The summed E-state index contributed by atoms with van der Waals surface area (Å²) >= 11 is 0. The molecule has 3 rings (SSSR count). The number of hydrogen-bond donors (Lipinski definition) is 4. The van der Waals surface area contributed by atoms with Crippen molar-refractivity contribution in [2.45, 2.75) is 39.0 Å². The topological polar surface area (TPSA) is 94.2 Å². The highest BCUT2D eigenvalue weighted by Crippen LogP contribution is 2.31. The molecule has 1 amide bonds. The quantitative estimate of drug-likeness (QED) is 0.343. The summed E-state index contributed by atoms with van der Waals surface area (Å²) < 4.78 is 0. The Balaban J connectivity index is 1.56. The zero-order valence-corrected chi connectivity index (χ0v) is 16.0. The average molecular weight is 368 g/mol. The van der Waals surface area contributed by atoms with Crippen LogP contribution in [0.25, 0.3) is 0 Å². The lowest BCUT2D eigenvalue weighted by molar-refractivity contribution is -0.116. The number of aliphatic imine (C=N–C) groups is 1. The van der Waals surface area contributed by atoms with E-state index in [0.29, 0.717) is 13.0 Å². The number of aryl methyl sites for hydroxylation is 2. The van der Waals surface area contributed by atoms with E-state index in [2.05, 4.69) is 39.1 Å². The molecule has 0 bridgehead atoms. The van der Waals surface area contributed by atoms with Crippen LogP contribution in [0, 0.1) is 6.92 Å². The Morgan fingerprint density at radius 2 is 2.19 bits per heavy atom. The number of fused-ring (bicyclic) bond motifs is 1. The van der Waals surface area contributed by atoms with E-state index in [1.165, 1.54) is 5.56 Å². The number of amides is 1. The molecule has 0 spiro atoms. The van der Waals surface area contributed by atoms with Gasteiger partial charge in [0, 0.05) is 36.8 Å². The number of carbonyl (C=O) groups is 1. The van der Waals surface area contributed by atoms with Crippen molar-refractivity contribution in [2.24, 2.45) is 4.99 Å². The molecular formula is C20H28N6O. The zero-order valence-electron chi connectivity index (χ0n) is 16.0. The minimum atomic E-state index is 0.0577. The number of aromatic amines is 1. The molecule has 4 N–H and O–H groups in total. The van der Waals surface area contributed by atoms with Crippen LogP contribution in [0.15, 0.2) is 35.5 Å². The molecule has 27 heavy (non-hydrogen) atoms. The van der Waals surface area contributed by atoms with E-state index in [1.807, 2.05) is 31.3 Å². The Kier molecular flexibility index (Phi) is 6.46. The molecule has 1 unspecified atom stereocenters. The predicted octanol–water partition coefficient (Wildman–Crippen LogP) is 2.33. The first-order valence-corrected chi connectivity index (χ1v) is 9.57. The summed E-state index contributed by atoms with van der Waals surface area (Å²) in [6, 6.07) is 7.97. The van der Waals surface area contributed by atoms with Gasteiger partial charge in [-0.25, -0.2) is 0 Å². The van der Waals surface area contributed by atoms with E-state index < -0.39 is 0 Å². The van der Waals surface area contributed by atoms with Crippen molar-refractivity contribution in [2.75, 3.05) is 25.0 Å². The third-order valence-corrected chi connectivity index (χ3v) is 4.77. The summed E-state index contributed by atoms with van der Waals surface area (Å²) in [5.74, 6) is 0.964. The minimum Gasteiger partial charge on any atom is -0.357 e. The van der Waals surface area contributed by atoms with E-state index in [-0.39, 0.29) is 11.8 Å². The fourth-order valence-electron chi connectivity index (χ4n) is 3.32. The molecule has 2 aromatic rings. The van der Waals surface area contributed by atoms with Crippen molar-refractivity contribution in [3.63, 3.8) is 0 Å². The van der Waals surface area contributed by atoms with Crippen LogP contribution >= 0.6 is 0 Å². The van der Waals surface area contributed by atoms with Gasteiger partial charge in [0.1, 0.15) is 0 Å². The second-order valence-electron chi connectivity index (χ2n) is 6.81. The molecular weight excluding hydrogens is 340 g/mol. The van der Waals surface area contributed by atoms with Gasteiger partial charge in [0.25, 0.3) is 0 Å². The molecule has 0 fully saturated rings. The van der Waals surface area contributed by atoms with Crippen molar-refractivity contribution >= 4 is 17.6 Å². The highest BCUT2D eigenvalue weighted by Gasteiger charge is 2.24. The number of aromatic nitrogens is 2. The highest BCUT2D eigenvalue weighted by molar-refractivity contribution is 5.94. The number of H-pyrrole nitrogens is 1. The smallest absolute Gasteiger partial charge is 0.225 e. The number of hydrogen-bond acceptors (Lipinski definition) is 3. The van der Waals surface area contributed by atoms with E-state index in [0.717, 1.165) is 48.8 Å². The SMILES string of the molecule is CCNC(=NCC1CC(=O)Nc2ccccc21)NCCCc1cn[nH]c1C. The maximum Gasteiger partial charge on any atom is 0.225 e. The van der Waals surface area contributed by atoms with Crippen LogP contribution in [-0.2, 0) is 11.2 Å². The fraction of sp³-hybridized carbons (Fsp3) is 0.450. The Bertz CT molecular complexity index is 797.